The molecule has 2 aromatic heterocycles. The van der Waals surface area contributed by atoms with Crippen LogP contribution in [-0.2, 0) is 11.2 Å². The molecule has 0 aliphatic carbocycles. The van der Waals surface area contributed by atoms with Crippen LogP contribution in [0.5, 0.6) is 11.5 Å². The van der Waals surface area contributed by atoms with Gasteiger partial charge in [-0.1, -0.05) is 17.7 Å². The summed E-state index contributed by atoms with van der Waals surface area (Å²) >= 11 is 6.23. The van der Waals surface area contributed by atoms with Crippen molar-refractivity contribution in [2.24, 2.45) is 5.73 Å². The molecule has 5 rings (SSSR count). The molecule has 0 spiro atoms. The van der Waals surface area contributed by atoms with Gasteiger partial charge in [0.15, 0.2) is 11.5 Å². The van der Waals surface area contributed by atoms with Crippen molar-refractivity contribution in [1.29, 1.82) is 0 Å². The number of ether oxygens (including phenoxy) is 1. The number of aromatic nitrogens is 2. The monoisotopic (exact) mass is 503 g/mol. The fourth-order valence-electron chi connectivity index (χ4n) is 4.49. The average Bonchev–Trinajstić information content (AvgIpc) is 3.33. The summed E-state index contributed by atoms with van der Waals surface area (Å²) in [6.07, 6.45) is 5.53. The Kier molecular flexibility index (Phi) is 6.63. The third-order valence-corrected chi connectivity index (χ3v) is 6.69. The van der Waals surface area contributed by atoms with E-state index in [0.29, 0.717) is 0 Å². The number of pyridine rings is 2. The van der Waals surface area contributed by atoms with Gasteiger partial charge in [0.2, 0.25) is 0 Å². The molecule has 1 aliphatic heterocycles. The number of anilines is 3. The van der Waals surface area contributed by atoms with Crippen LogP contribution in [0.1, 0.15) is 12.0 Å². The van der Waals surface area contributed by atoms with Gasteiger partial charge in [0.1, 0.15) is 12.1 Å². The second kappa shape index (κ2) is 10.0. The summed E-state index contributed by atoms with van der Waals surface area (Å²) in [5.74, 6) is 1.07. The Bertz CT molecular complexity index is 1430. The van der Waals surface area contributed by atoms with Crippen LogP contribution in [0, 0.1) is 0 Å². The van der Waals surface area contributed by atoms with Crippen LogP contribution < -0.4 is 20.7 Å². The minimum absolute atomic E-state index is 0.104. The topological polar surface area (TPSA) is 114 Å². The Hall–Kier alpha value is -3.88. The number of carbonyl (C=O) groups excluding carboxylic acids is 1. The number of rotatable bonds is 7. The van der Waals surface area contributed by atoms with Crippen LogP contribution in [0.3, 0.4) is 0 Å². The normalized spacial score (nSPS) is 15.3. The predicted octanol–water partition coefficient (Wildman–Crippen LogP) is 4.69. The zero-order chi connectivity index (χ0) is 25.2. The number of phenols is 1. The number of aromatic hydroxyl groups is 1. The average molecular weight is 504 g/mol. The lowest BCUT2D eigenvalue weighted by molar-refractivity contribution is -0.107. The summed E-state index contributed by atoms with van der Waals surface area (Å²) < 4.78 is 5.27. The van der Waals surface area contributed by atoms with Crippen molar-refractivity contribution in [3.63, 3.8) is 0 Å². The highest BCUT2D eigenvalue weighted by Crippen LogP contribution is 2.40. The van der Waals surface area contributed by atoms with Gasteiger partial charge in [-0.2, -0.15) is 0 Å². The molecule has 0 amide bonds. The van der Waals surface area contributed by atoms with Crippen LogP contribution >= 0.6 is 11.6 Å². The Balaban J connectivity index is 1.55. The second-order valence-electron chi connectivity index (χ2n) is 8.79. The lowest BCUT2D eigenvalue weighted by Crippen LogP contribution is -2.26. The van der Waals surface area contributed by atoms with Gasteiger partial charge in [0.25, 0.3) is 0 Å². The summed E-state index contributed by atoms with van der Waals surface area (Å²) in [6.45, 7) is 1.70. The number of benzene rings is 2. The van der Waals surface area contributed by atoms with Crippen molar-refractivity contribution in [3.8, 4) is 22.6 Å². The van der Waals surface area contributed by atoms with Gasteiger partial charge < -0.3 is 30.6 Å². The minimum atomic E-state index is -0.104. The molecule has 1 aliphatic rings. The van der Waals surface area contributed by atoms with E-state index in [0.717, 1.165) is 70.6 Å². The van der Waals surface area contributed by atoms with Crippen LogP contribution in [0.4, 0.5) is 17.2 Å². The summed E-state index contributed by atoms with van der Waals surface area (Å²) in [5.41, 5.74) is 10.8. The predicted molar refractivity (Wildman–Crippen MR) is 142 cm³/mol. The van der Waals surface area contributed by atoms with E-state index in [2.05, 4.69) is 20.2 Å². The first-order chi connectivity index (χ1) is 17.5. The molecular formula is C27H26ClN5O3. The highest BCUT2D eigenvalue weighted by atomic mass is 35.5. The van der Waals surface area contributed by atoms with E-state index < -0.39 is 0 Å². The molecular weight excluding hydrogens is 478 g/mol. The minimum Gasteiger partial charge on any atom is -0.503 e. The van der Waals surface area contributed by atoms with Gasteiger partial charge in [-0.3, -0.25) is 4.98 Å². The molecule has 1 atom stereocenters. The molecule has 4 N–H and O–H groups in total. The lowest BCUT2D eigenvalue weighted by Gasteiger charge is -2.18. The van der Waals surface area contributed by atoms with E-state index >= 15 is 0 Å². The number of halogens is 1. The molecule has 36 heavy (non-hydrogen) atoms. The molecule has 1 saturated heterocycles. The van der Waals surface area contributed by atoms with Crippen LogP contribution in [0.2, 0.25) is 5.02 Å². The summed E-state index contributed by atoms with van der Waals surface area (Å²) in [6, 6.07) is 13.3. The van der Waals surface area contributed by atoms with E-state index in [1.165, 1.54) is 7.11 Å². The first-order valence-corrected chi connectivity index (χ1v) is 12.0. The molecule has 0 bridgehead atoms. The van der Waals surface area contributed by atoms with Crippen molar-refractivity contribution in [3.05, 3.63) is 65.4 Å². The molecule has 1 fully saturated rings. The number of methoxy groups -OCH3 is 1. The number of nitrogens with one attached hydrogen (secondary N) is 1. The highest BCUT2D eigenvalue weighted by Gasteiger charge is 2.20. The number of nitrogens with zero attached hydrogens (tertiary/aromatic N) is 3. The molecule has 8 nitrogen and oxygen atoms in total. The number of nitrogens with two attached hydrogens (primary N) is 1. The Morgan fingerprint density at radius 2 is 2.06 bits per heavy atom. The molecule has 184 valence electrons. The molecule has 0 radical (unpaired) electrons. The molecule has 3 heterocycles. The maximum absolute atomic E-state index is 11.4. The Labute approximate surface area is 213 Å². The van der Waals surface area contributed by atoms with Gasteiger partial charge in [-0.25, -0.2) is 4.98 Å². The zero-order valence-electron chi connectivity index (χ0n) is 19.7. The number of aldehydes is 1. The number of phenolic OH excluding ortho intramolecular Hbond substituents is 1. The third kappa shape index (κ3) is 4.65. The van der Waals surface area contributed by atoms with Crippen molar-refractivity contribution < 1.29 is 14.6 Å². The van der Waals surface area contributed by atoms with Crippen molar-refractivity contribution in [2.75, 3.05) is 30.4 Å². The molecule has 0 saturated carbocycles. The first-order valence-electron chi connectivity index (χ1n) is 11.6. The summed E-state index contributed by atoms with van der Waals surface area (Å²) in [7, 11) is 1.48. The van der Waals surface area contributed by atoms with E-state index in [1.54, 1.807) is 24.5 Å². The number of hydrogen-bond acceptors (Lipinski definition) is 8. The standard InChI is InChI=1S/C27H26ClN5O3/c1-36-24-12-18(11-22(28)27(24)35)16-2-4-23-21(10-16)26(17(7-9-34)13-30-23)32-20-3-5-25(31-14-20)33-8-6-19(29)15-33/h2-5,9-14,19,35H,6-8,15,29H2,1H3,(H,30,32). The fourth-order valence-corrected chi connectivity index (χ4v) is 4.70. The van der Waals surface area contributed by atoms with Crippen molar-refractivity contribution in [1.82, 2.24) is 9.97 Å². The van der Waals surface area contributed by atoms with Crippen LogP contribution in [-0.4, -0.2) is 47.6 Å². The van der Waals surface area contributed by atoms with E-state index in [9.17, 15) is 9.90 Å². The van der Waals surface area contributed by atoms with Crippen molar-refractivity contribution >= 4 is 46.0 Å². The lowest BCUT2D eigenvalue weighted by atomic mass is 10.00. The Morgan fingerprint density at radius 1 is 1.19 bits per heavy atom. The van der Waals surface area contributed by atoms with Crippen LogP contribution in [0.15, 0.2) is 54.9 Å². The Morgan fingerprint density at radius 3 is 2.75 bits per heavy atom. The largest absolute Gasteiger partial charge is 0.503 e. The van der Waals surface area contributed by atoms with Gasteiger partial charge >= 0.3 is 0 Å². The van der Waals surface area contributed by atoms with Gasteiger partial charge in [0, 0.05) is 42.7 Å². The summed E-state index contributed by atoms with van der Waals surface area (Å²) in [4.78, 5) is 22.8. The quantitative estimate of drug-likeness (QED) is 0.311. The highest BCUT2D eigenvalue weighted by molar-refractivity contribution is 6.32. The smallest absolute Gasteiger partial charge is 0.176 e. The number of hydrogen-bond donors (Lipinski definition) is 3. The van der Waals surface area contributed by atoms with Gasteiger partial charge in [-0.15, -0.1) is 0 Å². The van der Waals surface area contributed by atoms with Gasteiger partial charge in [-0.05, 0) is 53.9 Å². The summed E-state index contributed by atoms with van der Waals surface area (Å²) in [5, 5.41) is 14.6. The second-order valence-corrected chi connectivity index (χ2v) is 9.20. The molecule has 1 unspecified atom stereocenters. The van der Waals surface area contributed by atoms with Gasteiger partial charge in [0.05, 0.1) is 35.2 Å². The maximum Gasteiger partial charge on any atom is 0.176 e. The SMILES string of the molecule is COc1cc(-c2ccc3ncc(CC=O)c(Nc4ccc(N5CCC(N)C5)nc4)c3c2)cc(Cl)c1O. The number of carbonyl (C=O) groups is 1. The van der Waals surface area contributed by atoms with E-state index in [-0.39, 0.29) is 29.0 Å². The number of fused-ring (bicyclic) bond motifs is 1. The first kappa shape index (κ1) is 23.8. The van der Waals surface area contributed by atoms with Crippen molar-refractivity contribution in [2.45, 2.75) is 18.9 Å². The third-order valence-electron chi connectivity index (χ3n) is 6.40. The van der Waals surface area contributed by atoms with E-state index in [4.69, 9.17) is 22.1 Å². The fraction of sp³-hybridized carbons (Fsp3) is 0.222. The zero-order valence-corrected chi connectivity index (χ0v) is 20.5. The maximum atomic E-state index is 11.4. The van der Waals surface area contributed by atoms with Crippen LogP contribution in [0.25, 0.3) is 22.0 Å². The molecule has 4 aromatic rings. The molecule has 9 heteroatoms. The van der Waals surface area contributed by atoms with E-state index in [1.807, 2.05) is 30.3 Å². The molecule has 2 aromatic carbocycles.